The van der Waals surface area contributed by atoms with Gasteiger partial charge in [0.15, 0.2) is 0 Å². The zero-order chi connectivity index (χ0) is 23.7. The number of aromatic amines is 1. The minimum Gasteiger partial charge on any atom is -0.354 e. The third kappa shape index (κ3) is 4.59. The molecule has 176 valence electrons. The Morgan fingerprint density at radius 3 is 2.79 bits per heavy atom. The van der Waals surface area contributed by atoms with E-state index in [1.807, 2.05) is 37.3 Å². The molecular formula is C26H28FN5O2. The van der Waals surface area contributed by atoms with Crippen LogP contribution in [-0.4, -0.2) is 45.0 Å². The predicted octanol–water partition coefficient (Wildman–Crippen LogP) is 3.35. The van der Waals surface area contributed by atoms with Crippen molar-refractivity contribution < 1.29 is 9.18 Å². The van der Waals surface area contributed by atoms with Gasteiger partial charge in [-0.3, -0.25) is 19.1 Å². The minimum absolute atomic E-state index is 0.0672. The number of fused-ring (bicyclic) bond motifs is 3. The number of carbonyl (C=O) groups excluding carboxylic acids is 1. The minimum atomic E-state index is -0.254. The van der Waals surface area contributed by atoms with Crippen molar-refractivity contribution in [2.45, 2.75) is 32.9 Å². The van der Waals surface area contributed by atoms with Crippen LogP contribution in [0.3, 0.4) is 0 Å². The van der Waals surface area contributed by atoms with Crippen LogP contribution < -0.4 is 10.9 Å². The van der Waals surface area contributed by atoms with E-state index in [1.54, 1.807) is 6.07 Å². The molecule has 8 heteroatoms. The molecule has 2 N–H and O–H groups in total. The van der Waals surface area contributed by atoms with Gasteiger partial charge in [-0.1, -0.05) is 29.8 Å². The van der Waals surface area contributed by atoms with Crippen LogP contribution >= 0.6 is 0 Å². The van der Waals surface area contributed by atoms with E-state index < -0.39 is 0 Å². The Kier molecular flexibility index (Phi) is 6.15. The summed E-state index contributed by atoms with van der Waals surface area (Å²) >= 11 is 0. The maximum Gasteiger partial charge on any atom is 0.278 e. The fourth-order valence-corrected chi connectivity index (χ4v) is 4.70. The van der Waals surface area contributed by atoms with Gasteiger partial charge in [-0.2, -0.15) is 0 Å². The molecule has 3 heterocycles. The van der Waals surface area contributed by atoms with E-state index in [2.05, 4.69) is 20.2 Å². The van der Waals surface area contributed by atoms with Crippen LogP contribution in [0.5, 0.6) is 0 Å². The SMILES string of the molecule is Cc1ccc2[nH]c3c(=O)n(CC(=O)NCC4CCN(Cc5ccccc5F)CC4)cnc3c2c1. The number of carbonyl (C=O) groups is 1. The highest BCUT2D eigenvalue weighted by Gasteiger charge is 2.21. The number of H-pyrrole nitrogens is 1. The van der Waals surface area contributed by atoms with E-state index in [9.17, 15) is 14.0 Å². The molecule has 5 rings (SSSR count). The maximum absolute atomic E-state index is 13.9. The van der Waals surface area contributed by atoms with Crippen LogP contribution in [-0.2, 0) is 17.9 Å². The van der Waals surface area contributed by atoms with E-state index in [0.717, 1.165) is 48.0 Å². The van der Waals surface area contributed by atoms with Gasteiger partial charge in [-0.05, 0) is 57.0 Å². The highest BCUT2D eigenvalue weighted by molar-refractivity contribution is 6.04. The van der Waals surface area contributed by atoms with Crippen molar-refractivity contribution in [3.63, 3.8) is 0 Å². The molecule has 2 aromatic heterocycles. The number of aryl methyl sites for hydroxylation is 1. The van der Waals surface area contributed by atoms with Crippen molar-refractivity contribution in [3.05, 3.63) is 76.1 Å². The van der Waals surface area contributed by atoms with Gasteiger partial charge in [0.25, 0.3) is 5.56 Å². The average molecular weight is 462 g/mol. The standard InChI is InChI=1S/C26H28FN5O2/c1-17-6-7-22-20(12-17)24-25(30-22)26(34)32(16-29-24)15-23(33)28-13-18-8-10-31(11-9-18)14-19-4-2-3-5-21(19)27/h2-7,12,16,18,30H,8-11,13-15H2,1H3,(H,28,33). The molecule has 1 saturated heterocycles. The van der Waals surface area contributed by atoms with Crippen LogP contribution in [0.1, 0.15) is 24.0 Å². The summed E-state index contributed by atoms with van der Waals surface area (Å²) in [4.78, 5) is 35.3. The predicted molar refractivity (Wildman–Crippen MR) is 130 cm³/mol. The lowest BCUT2D eigenvalue weighted by Gasteiger charge is -2.32. The summed E-state index contributed by atoms with van der Waals surface area (Å²) in [6, 6.07) is 12.8. The molecule has 1 fully saturated rings. The lowest BCUT2D eigenvalue weighted by atomic mass is 9.96. The number of hydrogen-bond acceptors (Lipinski definition) is 4. The van der Waals surface area contributed by atoms with Gasteiger partial charge in [0, 0.05) is 29.6 Å². The van der Waals surface area contributed by atoms with Gasteiger partial charge in [-0.25, -0.2) is 9.37 Å². The smallest absolute Gasteiger partial charge is 0.278 e. The number of likely N-dealkylation sites (tertiary alicyclic amines) is 1. The highest BCUT2D eigenvalue weighted by atomic mass is 19.1. The molecule has 0 unspecified atom stereocenters. The third-order valence-corrected chi connectivity index (χ3v) is 6.69. The molecule has 0 aliphatic carbocycles. The van der Waals surface area contributed by atoms with Crippen LogP contribution in [0.25, 0.3) is 21.9 Å². The van der Waals surface area contributed by atoms with Crippen LogP contribution in [0.4, 0.5) is 4.39 Å². The average Bonchev–Trinajstić information content (AvgIpc) is 3.20. The lowest BCUT2D eigenvalue weighted by molar-refractivity contribution is -0.122. The molecule has 0 bridgehead atoms. The molecule has 0 atom stereocenters. The van der Waals surface area contributed by atoms with E-state index in [4.69, 9.17) is 0 Å². The Balaban J connectivity index is 1.15. The number of nitrogens with zero attached hydrogens (tertiary/aromatic N) is 3. The van der Waals surface area contributed by atoms with E-state index >= 15 is 0 Å². The number of halogens is 1. The molecule has 1 amide bonds. The quantitative estimate of drug-likeness (QED) is 0.461. The van der Waals surface area contributed by atoms with Gasteiger partial charge in [0.1, 0.15) is 23.4 Å². The van der Waals surface area contributed by atoms with Gasteiger partial charge in [-0.15, -0.1) is 0 Å². The summed E-state index contributed by atoms with van der Waals surface area (Å²) in [6.45, 7) is 4.85. The molecule has 34 heavy (non-hydrogen) atoms. The first-order chi connectivity index (χ1) is 16.5. The molecule has 0 spiro atoms. The highest BCUT2D eigenvalue weighted by Crippen LogP contribution is 2.22. The molecule has 0 radical (unpaired) electrons. The Hall–Kier alpha value is -3.52. The summed E-state index contributed by atoms with van der Waals surface area (Å²) in [5.41, 5.74) is 3.46. The van der Waals surface area contributed by atoms with E-state index in [-0.39, 0.29) is 23.8 Å². The fourth-order valence-electron chi connectivity index (χ4n) is 4.70. The van der Waals surface area contributed by atoms with Crippen molar-refractivity contribution in [2.24, 2.45) is 5.92 Å². The largest absolute Gasteiger partial charge is 0.354 e. The Labute approximate surface area is 196 Å². The fraction of sp³-hybridized carbons (Fsp3) is 0.346. The van der Waals surface area contributed by atoms with E-state index in [0.29, 0.717) is 30.0 Å². The van der Waals surface area contributed by atoms with Crippen molar-refractivity contribution in [1.29, 1.82) is 0 Å². The maximum atomic E-state index is 13.9. The second-order valence-electron chi connectivity index (χ2n) is 9.19. The molecule has 1 aliphatic rings. The summed E-state index contributed by atoms with van der Waals surface area (Å²) in [5.74, 6) is 0.00135. The summed E-state index contributed by atoms with van der Waals surface area (Å²) in [7, 11) is 0. The number of benzene rings is 2. The lowest BCUT2D eigenvalue weighted by Crippen LogP contribution is -2.40. The van der Waals surface area contributed by atoms with Crippen LogP contribution in [0, 0.1) is 18.7 Å². The number of nitrogens with one attached hydrogen (secondary N) is 2. The summed E-state index contributed by atoms with van der Waals surface area (Å²) < 4.78 is 15.2. The van der Waals surface area contributed by atoms with Crippen molar-refractivity contribution in [1.82, 2.24) is 24.8 Å². The van der Waals surface area contributed by atoms with Crippen molar-refractivity contribution >= 4 is 27.8 Å². The Morgan fingerprint density at radius 1 is 1.21 bits per heavy atom. The van der Waals surface area contributed by atoms with Crippen LogP contribution in [0.2, 0.25) is 0 Å². The zero-order valence-electron chi connectivity index (χ0n) is 19.2. The molecule has 2 aromatic carbocycles. The normalized spacial score (nSPS) is 15.2. The first-order valence-corrected chi connectivity index (χ1v) is 11.7. The van der Waals surface area contributed by atoms with Crippen molar-refractivity contribution in [2.75, 3.05) is 19.6 Å². The second-order valence-corrected chi connectivity index (χ2v) is 9.19. The summed E-state index contributed by atoms with van der Waals surface area (Å²) in [6.07, 6.45) is 3.33. The van der Waals surface area contributed by atoms with E-state index in [1.165, 1.54) is 17.0 Å². The Morgan fingerprint density at radius 2 is 2.00 bits per heavy atom. The van der Waals surface area contributed by atoms with Gasteiger partial charge < -0.3 is 10.3 Å². The molecule has 7 nitrogen and oxygen atoms in total. The van der Waals surface area contributed by atoms with Crippen LogP contribution in [0.15, 0.2) is 53.6 Å². The Bertz CT molecular complexity index is 1400. The third-order valence-electron chi connectivity index (χ3n) is 6.69. The number of rotatable bonds is 6. The first-order valence-electron chi connectivity index (χ1n) is 11.7. The number of piperidine rings is 1. The molecule has 0 saturated carbocycles. The summed E-state index contributed by atoms with van der Waals surface area (Å²) in [5, 5.41) is 3.88. The topological polar surface area (TPSA) is 83.0 Å². The molecule has 4 aromatic rings. The number of amides is 1. The number of hydrogen-bond donors (Lipinski definition) is 2. The number of aromatic nitrogens is 3. The van der Waals surface area contributed by atoms with Gasteiger partial charge >= 0.3 is 0 Å². The second kappa shape index (κ2) is 9.38. The van der Waals surface area contributed by atoms with Gasteiger partial charge in [0.05, 0.1) is 6.33 Å². The zero-order valence-corrected chi connectivity index (χ0v) is 19.2. The monoisotopic (exact) mass is 461 g/mol. The van der Waals surface area contributed by atoms with Gasteiger partial charge in [0.2, 0.25) is 5.91 Å². The first kappa shape index (κ1) is 22.3. The van der Waals surface area contributed by atoms with Crippen molar-refractivity contribution in [3.8, 4) is 0 Å². The molecular weight excluding hydrogens is 433 g/mol. The molecule has 1 aliphatic heterocycles.